The average Bonchev–Trinajstić information content (AvgIpc) is 3.31. The minimum atomic E-state index is -3.58. The highest BCUT2D eigenvalue weighted by Crippen LogP contribution is 2.65. The number of likely N-dealkylation sites (tertiary alicyclic amines) is 1. The number of piperidine rings is 1. The molecule has 3 aliphatic rings. The van der Waals surface area contributed by atoms with Gasteiger partial charge in [0, 0.05) is 26.6 Å². The molecule has 1 aliphatic heterocycles. The zero-order valence-electron chi connectivity index (χ0n) is 31.4. The summed E-state index contributed by atoms with van der Waals surface area (Å²) in [5.74, 6) is -0.689. The lowest BCUT2D eigenvalue weighted by Crippen LogP contribution is -2.64. The number of hydrogen-bond acceptors (Lipinski definition) is 8. The summed E-state index contributed by atoms with van der Waals surface area (Å²) in [7, 11) is -2.11. The quantitative estimate of drug-likeness (QED) is 0.120. The molecule has 3 rings (SSSR count). The van der Waals surface area contributed by atoms with Crippen LogP contribution < -0.4 is 21.3 Å². The molecule has 50 heavy (non-hydrogen) atoms. The van der Waals surface area contributed by atoms with E-state index in [4.69, 9.17) is 11.2 Å². The SMILES string of the molecule is C#CCCC(NC(=O)[C@@H]1[C@@H]2[C@H](CN1C(=O)[C@@H](NC(=O)NC1(CS(=O)(=O)C(C)(C)C)CCCCC1)C(C)(C)C)C2(C)C)C(=O)C(=O)NCCOC. The van der Waals surface area contributed by atoms with Crippen LogP contribution in [0.15, 0.2) is 0 Å². The number of ether oxygens (including phenoxy) is 1. The van der Waals surface area contributed by atoms with Crippen molar-refractivity contribution in [1.29, 1.82) is 0 Å². The van der Waals surface area contributed by atoms with Crippen molar-refractivity contribution in [3.8, 4) is 12.3 Å². The minimum absolute atomic E-state index is 0.0157. The van der Waals surface area contributed by atoms with E-state index in [0.717, 1.165) is 19.3 Å². The predicted octanol–water partition coefficient (Wildman–Crippen LogP) is 2.33. The third kappa shape index (κ3) is 9.37. The Bertz CT molecular complexity index is 1450. The van der Waals surface area contributed by atoms with Crippen molar-refractivity contribution in [2.24, 2.45) is 22.7 Å². The summed E-state index contributed by atoms with van der Waals surface area (Å²) in [6.07, 6.45) is 9.10. The normalized spacial score (nSPS) is 23.8. The Kier molecular flexibility index (Phi) is 12.9. The van der Waals surface area contributed by atoms with E-state index in [1.165, 1.54) is 12.0 Å². The van der Waals surface area contributed by atoms with E-state index < -0.39 is 73.2 Å². The zero-order chi connectivity index (χ0) is 37.9. The molecule has 0 aromatic rings. The molecule has 1 heterocycles. The number of fused-ring (bicyclic) bond motifs is 1. The number of amides is 5. The first-order valence-corrected chi connectivity index (χ1v) is 19.3. The fourth-order valence-electron chi connectivity index (χ4n) is 7.42. The summed E-state index contributed by atoms with van der Waals surface area (Å²) in [5.41, 5.74) is -2.01. The smallest absolute Gasteiger partial charge is 0.315 e. The molecule has 0 spiro atoms. The summed E-state index contributed by atoms with van der Waals surface area (Å²) in [4.78, 5) is 69.4. The predicted molar refractivity (Wildman–Crippen MR) is 190 cm³/mol. The van der Waals surface area contributed by atoms with Crippen molar-refractivity contribution in [3.05, 3.63) is 0 Å². The molecule has 1 saturated heterocycles. The van der Waals surface area contributed by atoms with Gasteiger partial charge in [-0.3, -0.25) is 19.2 Å². The third-order valence-electron chi connectivity index (χ3n) is 10.8. The van der Waals surface area contributed by atoms with Gasteiger partial charge in [-0.25, -0.2) is 13.2 Å². The van der Waals surface area contributed by atoms with E-state index in [-0.39, 0.29) is 55.5 Å². The lowest BCUT2D eigenvalue weighted by molar-refractivity contribution is -0.145. The Labute approximate surface area is 298 Å². The summed E-state index contributed by atoms with van der Waals surface area (Å²) in [5, 5.41) is 11.1. The van der Waals surface area contributed by atoms with Crippen LogP contribution in [-0.2, 0) is 33.8 Å². The minimum Gasteiger partial charge on any atom is -0.383 e. The van der Waals surface area contributed by atoms with Gasteiger partial charge in [-0.1, -0.05) is 53.9 Å². The van der Waals surface area contributed by atoms with Gasteiger partial charge in [0.1, 0.15) is 12.1 Å². The van der Waals surface area contributed by atoms with Crippen LogP contribution in [0, 0.1) is 35.0 Å². The summed E-state index contributed by atoms with van der Waals surface area (Å²) in [6, 6.07) is -3.85. The molecule has 13 nitrogen and oxygen atoms in total. The highest BCUT2D eigenvalue weighted by Gasteiger charge is 2.70. The van der Waals surface area contributed by atoms with Crippen LogP contribution in [0.2, 0.25) is 0 Å². The lowest BCUT2D eigenvalue weighted by atomic mass is 9.83. The highest BCUT2D eigenvalue weighted by atomic mass is 32.2. The maximum atomic E-state index is 14.4. The van der Waals surface area contributed by atoms with Crippen molar-refractivity contribution in [2.45, 2.75) is 129 Å². The van der Waals surface area contributed by atoms with Gasteiger partial charge in [0.25, 0.3) is 5.91 Å². The molecule has 0 aromatic carbocycles. The second-order valence-corrected chi connectivity index (χ2v) is 19.7. The van der Waals surface area contributed by atoms with Crippen LogP contribution >= 0.6 is 0 Å². The molecule has 1 unspecified atom stereocenters. The largest absolute Gasteiger partial charge is 0.383 e. The van der Waals surface area contributed by atoms with Crippen LogP contribution in [0.1, 0.15) is 100 Å². The van der Waals surface area contributed by atoms with Crippen molar-refractivity contribution >= 4 is 39.4 Å². The van der Waals surface area contributed by atoms with Gasteiger partial charge >= 0.3 is 6.03 Å². The number of sulfone groups is 1. The Morgan fingerprint density at radius 1 is 1.00 bits per heavy atom. The lowest BCUT2D eigenvalue weighted by Gasteiger charge is -2.41. The van der Waals surface area contributed by atoms with Crippen LogP contribution in [0.3, 0.4) is 0 Å². The second kappa shape index (κ2) is 15.6. The third-order valence-corrected chi connectivity index (χ3v) is 13.6. The van der Waals surface area contributed by atoms with Gasteiger partial charge in [0.05, 0.1) is 28.7 Å². The van der Waals surface area contributed by atoms with Crippen molar-refractivity contribution in [1.82, 2.24) is 26.2 Å². The van der Waals surface area contributed by atoms with E-state index in [2.05, 4.69) is 27.2 Å². The van der Waals surface area contributed by atoms with Gasteiger partial charge in [0.2, 0.25) is 17.6 Å². The molecule has 14 heteroatoms. The number of rotatable bonds is 14. The Hall–Kier alpha value is -3.18. The van der Waals surface area contributed by atoms with Crippen molar-refractivity contribution in [2.75, 3.05) is 32.6 Å². The number of carbonyl (C=O) groups is 5. The van der Waals surface area contributed by atoms with E-state index in [1.54, 1.807) is 20.8 Å². The monoisotopic (exact) mass is 721 g/mol. The molecule has 4 N–H and O–H groups in total. The number of nitrogens with zero attached hydrogens (tertiary/aromatic N) is 1. The second-order valence-electron chi connectivity index (χ2n) is 16.9. The van der Waals surface area contributed by atoms with E-state index in [0.29, 0.717) is 12.8 Å². The Morgan fingerprint density at radius 2 is 1.62 bits per heavy atom. The molecule has 3 fully saturated rings. The number of methoxy groups -OCH3 is 1. The summed E-state index contributed by atoms with van der Waals surface area (Å²) < 4.78 is 30.5. The molecule has 2 aliphatic carbocycles. The fraction of sp³-hybridized carbons (Fsp3) is 0.806. The van der Waals surface area contributed by atoms with Gasteiger partial charge < -0.3 is 30.9 Å². The maximum absolute atomic E-state index is 14.4. The standard InChI is InChI=1S/C36H59N5O8S/c1-11-12-16-24(27(42)30(44)37-19-20-49-10)38-29(43)26-25-23(35(25,8)9)21-41(26)31(45)28(33(2,3)4)39-32(46)40-36(17-14-13-15-18-36)22-50(47,48)34(5,6)7/h1,23-26,28H,12-22H2,2-10H3,(H,37,44)(H,38,43)(H2,39,40,46)/t23-,24?,25-,26-,28+/m0/s1. The molecule has 0 bridgehead atoms. The van der Waals surface area contributed by atoms with Crippen molar-refractivity contribution < 1.29 is 37.1 Å². The topological polar surface area (TPSA) is 180 Å². The van der Waals surface area contributed by atoms with E-state index in [9.17, 15) is 32.4 Å². The molecule has 2 saturated carbocycles. The summed E-state index contributed by atoms with van der Waals surface area (Å²) >= 11 is 0. The van der Waals surface area contributed by atoms with Gasteiger partial charge in [-0.05, 0) is 62.7 Å². The van der Waals surface area contributed by atoms with Crippen LogP contribution in [0.4, 0.5) is 4.79 Å². The van der Waals surface area contributed by atoms with Gasteiger partial charge in [-0.15, -0.1) is 12.3 Å². The number of ketones is 1. The number of nitrogens with one attached hydrogen (secondary N) is 4. The van der Waals surface area contributed by atoms with E-state index in [1.807, 2.05) is 34.6 Å². The van der Waals surface area contributed by atoms with Crippen LogP contribution in [0.5, 0.6) is 0 Å². The molecule has 5 atom stereocenters. The van der Waals surface area contributed by atoms with E-state index >= 15 is 0 Å². The molecule has 0 aromatic heterocycles. The van der Waals surface area contributed by atoms with Crippen LogP contribution in [-0.4, -0.2) is 104 Å². The number of urea groups is 1. The maximum Gasteiger partial charge on any atom is 0.315 e. The molecule has 0 radical (unpaired) electrons. The van der Waals surface area contributed by atoms with Crippen molar-refractivity contribution in [3.63, 3.8) is 0 Å². The summed E-state index contributed by atoms with van der Waals surface area (Å²) in [6.45, 7) is 15.0. The first-order valence-electron chi connectivity index (χ1n) is 17.7. The average molecular weight is 722 g/mol. The van der Waals surface area contributed by atoms with Gasteiger partial charge in [-0.2, -0.15) is 0 Å². The molecule has 5 amide bonds. The first-order chi connectivity index (χ1) is 23.0. The first kappa shape index (κ1) is 41.2. The molecular formula is C36H59N5O8S. The molecular weight excluding hydrogens is 662 g/mol. The van der Waals surface area contributed by atoms with Gasteiger partial charge in [0.15, 0.2) is 9.84 Å². The van der Waals surface area contributed by atoms with Crippen LogP contribution in [0.25, 0.3) is 0 Å². The number of hydrogen-bond donors (Lipinski definition) is 4. The molecule has 282 valence electrons. The number of terminal acetylenes is 1. The Balaban J connectivity index is 1.85. The zero-order valence-corrected chi connectivity index (χ0v) is 32.2. The number of carbonyl (C=O) groups excluding carboxylic acids is 5. The number of Topliss-reactive ketones (excluding diaryl/α,β-unsaturated/α-hetero) is 1. The highest BCUT2D eigenvalue weighted by molar-refractivity contribution is 7.92. The Morgan fingerprint density at radius 3 is 2.16 bits per heavy atom. The fourth-order valence-corrected chi connectivity index (χ4v) is 8.94.